The van der Waals surface area contributed by atoms with Gasteiger partial charge in [-0.3, -0.25) is 15.0 Å². The summed E-state index contributed by atoms with van der Waals surface area (Å²) in [4.78, 5) is 20.8. The molecule has 3 heterocycles. The Morgan fingerprint density at radius 1 is 1.33 bits per heavy atom. The molecule has 2 amide bonds. The molecule has 3 aromatic rings. The van der Waals surface area contributed by atoms with Gasteiger partial charge in [-0.25, -0.2) is 4.79 Å². The van der Waals surface area contributed by atoms with Crippen LogP contribution >= 0.6 is 0 Å². The molecule has 142 valence electrons. The van der Waals surface area contributed by atoms with Gasteiger partial charge < -0.3 is 9.84 Å². The average Bonchev–Trinajstić information content (AvgIpc) is 3.28. The van der Waals surface area contributed by atoms with Crippen molar-refractivity contribution >= 4 is 11.8 Å². The molecule has 0 aliphatic heterocycles. The van der Waals surface area contributed by atoms with Crippen molar-refractivity contribution in [3.8, 4) is 11.4 Å². The molecular weight excluding hydrogens is 346 g/mol. The van der Waals surface area contributed by atoms with Gasteiger partial charge in [-0.15, -0.1) is 0 Å². The lowest BCUT2D eigenvalue weighted by Crippen LogP contribution is -2.32. The van der Waals surface area contributed by atoms with Gasteiger partial charge in [0.2, 0.25) is 11.7 Å². The Morgan fingerprint density at radius 3 is 2.81 bits per heavy atom. The van der Waals surface area contributed by atoms with Crippen LogP contribution in [0, 0.1) is 0 Å². The molecular formula is C18H23N7O2. The van der Waals surface area contributed by atoms with E-state index in [9.17, 15) is 4.79 Å². The number of carbonyl (C=O) groups excluding carboxylic acids is 1. The summed E-state index contributed by atoms with van der Waals surface area (Å²) in [5.41, 5.74) is 2.78. The third-order valence-electron chi connectivity index (χ3n) is 4.23. The quantitative estimate of drug-likeness (QED) is 0.691. The maximum Gasteiger partial charge on any atom is 0.321 e. The van der Waals surface area contributed by atoms with Crippen molar-refractivity contribution in [1.82, 2.24) is 30.2 Å². The van der Waals surface area contributed by atoms with E-state index in [1.807, 2.05) is 27.0 Å². The number of aryl methyl sites for hydroxylation is 2. The van der Waals surface area contributed by atoms with Gasteiger partial charge in [0, 0.05) is 30.6 Å². The average molecular weight is 369 g/mol. The van der Waals surface area contributed by atoms with Crippen molar-refractivity contribution in [2.24, 2.45) is 7.05 Å². The zero-order chi connectivity index (χ0) is 19.4. The van der Waals surface area contributed by atoms with Crippen molar-refractivity contribution in [2.45, 2.75) is 39.7 Å². The predicted molar refractivity (Wildman–Crippen MR) is 100 cm³/mol. The standard InChI is InChI=1S/C18H23N7O2/c1-5-13-14(6-2)23-25(4)16(13)22-18(26)20-11(3)17-21-15(24-27-17)12-8-7-9-19-10-12/h7-11H,5-6H2,1-4H3,(H2,20,22,26). The Hall–Kier alpha value is -3.23. The van der Waals surface area contributed by atoms with E-state index in [2.05, 4.69) is 30.9 Å². The van der Waals surface area contributed by atoms with Crippen LogP contribution < -0.4 is 10.6 Å². The normalized spacial score (nSPS) is 12.0. The molecule has 0 aliphatic carbocycles. The van der Waals surface area contributed by atoms with E-state index in [-0.39, 0.29) is 6.03 Å². The van der Waals surface area contributed by atoms with Gasteiger partial charge in [0.05, 0.1) is 5.69 Å². The van der Waals surface area contributed by atoms with Crippen molar-refractivity contribution in [3.63, 3.8) is 0 Å². The molecule has 1 unspecified atom stereocenters. The molecule has 0 saturated heterocycles. The second-order valence-electron chi connectivity index (χ2n) is 6.12. The second-order valence-corrected chi connectivity index (χ2v) is 6.12. The van der Waals surface area contributed by atoms with Gasteiger partial charge in [0.1, 0.15) is 11.9 Å². The van der Waals surface area contributed by atoms with Crippen molar-refractivity contribution in [1.29, 1.82) is 0 Å². The zero-order valence-electron chi connectivity index (χ0n) is 15.9. The van der Waals surface area contributed by atoms with Crippen molar-refractivity contribution in [3.05, 3.63) is 41.7 Å². The first-order chi connectivity index (χ1) is 13.0. The fraction of sp³-hybridized carbons (Fsp3) is 0.389. The van der Waals surface area contributed by atoms with Gasteiger partial charge in [-0.2, -0.15) is 10.1 Å². The first-order valence-corrected chi connectivity index (χ1v) is 8.89. The van der Waals surface area contributed by atoms with Crippen LogP contribution in [0.25, 0.3) is 11.4 Å². The van der Waals surface area contributed by atoms with Crippen LogP contribution in [0.5, 0.6) is 0 Å². The van der Waals surface area contributed by atoms with Crippen LogP contribution in [0.2, 0.25) is 0 Å². The van der Waals surface area contributed by atoms with Crippen LogP contribution in [-0.2, 0) is 19.9 Å². The molecule has 9 heteroatoms. The lowest BCUT2D eigenvalue weighted by Gasteiger charge is -2.12. The number of carbonyl (C=O) groups is 1. The molecule has 27 heavy (non-hydrogen) atoms. The summed E-state index contributed by atoms with van der Waals surface area (Å²) in [6, 6.07) is 2.83. The molecule has 9 nitrogen and oxygen atoms in total. The Labute approximate surface area is 157 Å². The highest BCUT2D eigenvalue weighted by atomic mass is 16.5. The highest BCUT2D eigenvalue weighted by Crippen LogP contribution is 2.21. The fourth-order valence-electron chi connectivity index (χ4n) is 2.86. The Kier molecular flexibility index (Phi) is 5.49. The summed E-state index contributed by atoms with van der Waals surface area (Å²) >= 11 is 0. The number of rotatable bonds is 6. The second kappa shape index (κ2) is 7.98. The molecule has 0 saturated carbocycles. The number of urea groups is 1. The first-order valence-electron chi connectivity index (χ1n) is 8.89. The molecule has 1 atom stereocenters. The van der Waals surface area contributed by atoms with Crippen molar-refractivity contribution < 1.29 is 9.32 Å². The van der Waals surface area contributed by atoms with Crippen LogP contribution in [0.3, 0.4) is 0 Å². The Balaban J connectivity index is 1.68. The SMILES string of the molecule is CCc1nn(C)c(NC(=O)NC(C)c2nc(-c3cccnc3)no2)c1CC. The Bertz CT molecular complexity index is 917. The summed E-state index contributed by atoms with van der Waals surface area (Å²) in [6.07, 6.45) is 4.93. The third-order valence-corrected chi connectivity index (χ3v) is 4.23. The minimum absolute atomic E-state index is 0.318. The molecule has 3 aromatic heterocycles. The minimum atomic E-state index is -0.452. The molecule has 0 bridgehead atoms. The number of nitrogens with zero attached hydrogens (tertiary/aromatic N) is 5. The minimum Gasteiger partial charge on any atom is -0.337 e. The van der Waals surface area contributed by atoms with E-state index in [1.165, 1.54) is 0 Å². The highest BCUT2D eigenvalue weighted by molar-refractivity contribution is 5.89. The van der Waals surface area contributed by atoms with Crippen LogP contribution in [-0.4, -0.2) is 30.9 Å². The van der Waals surface area contributed by atoms with Gasteiger partial charge in [0.15, 0.2) is 0 Å². The number of nitrogens with one attached hydrogen (secondary N) is 2. The van der Waals surface area contributed by atoms with Crippen LogP contribution in [0.15, 0.2) is 29.0 Å². The summed E-state index contributed by atoms with van der Waals surface area (Å²) in [5, 5.41) is 14.1. The largest absolute Gasteiger partial charge is 0.337 e. The van der Waals surface area contributed by atoms with Crippen molar-refractivity contribution in [2.75, 3.05) is 5.32 Å². The first kappa shape index (κ1) is 18.6. The van der Waals surface area contributed by atoms with E-state index in [0.29, 0.717) is 17.5 Å². The summed E-state index contributed by atoms with van der Waals surface area (Å²) in [5.74, 6) is 1.44. The number of aromatic nitrogens is 5. The van der Waals surface area contributed by atoms with E-state index in [4.69, 9.17) is 4.52 Å². The van der Waals surface area contributed by atoms with Gasteiger partial charge in [-0.1, -0.05) is 19.0 Å². The van der Waals surface area contributed by atoms with Gasteiger partial charge >= 0.3 is 6.03 Å². The van der Waals surface area contributed by atoms with Gasteiger partial charge in [-0.05, 0) is 31.9 Å². The summed E-state index contributed by atoms with van der Waals surface area (Å²) in [7, 11) is 1.82. The molecule has 0 aromatic carbocycles. The molecule has 0 aliphatic rings. The van der Waals surface area contributed by atoms with Crippen LogP contribution in [0.1, 0.15) is 44.0 Å². The number of hydrogen-bond acceptors (Lipinski definition) is 6. The molecule has 0 spiro atoms. The monoisotopic (exact) mass is 369 g/mol. The molecule has 0 fully saturated rings. The number of amides is 2. The maximum atomic E-state index is 12.4. The fourth-order valence-corrected chi connectivity index (χ4v) is 2.86. The summed E-state index contributed by atoms with van der Waals surface area (Å²) < 4.78 is 6.96. The third kappa shape index (κ3) is 3.97. The van der Waals surface area contributed by atoms with Crippen LogP contribution in [0.4, 0.5) is 10.6 Å². The lowest BCUT2D eigenvalue weighted by molar-refractivity contribution is 0.245. The number of hydrogen-bond donors (Lipinski definition) is 2. The number of anilines is 1. The smallest absolute Gasteiger partial charge is 0.321 e. The predicted octanol–water partition coefficient (Wildman–Crippen LogP) is 2.87. The molecule has 0 radical (unpaired) electrons. The zero-order valence-corrected chi connectivity index (χ0v) is 15.9. The van der Waals surface area contributed by atoms with E-state index in [1.54, 1.807) is 30.1 Å². The van der Waals surface area contributed by atoms with E-state index < -0.39 is 6.04 Å². The van der Waals surface area contributed by atoms with E-state index >= 15 is 0 Å². The van der Waals surface area contributed by atoms with E-state index in [0.717, 1.165) is 29.7 Å². The number of pyridine rings is 1. The Morgan fingerprint density at radius 2 is 2.15 bits per heavy atom. The highest BCUT2D eigenvalue weighted by Gasteiger charge is 2.20. The lowest BCUT2D eigenvalue weighted by atomic mass is 10.1. The van der Waals surface area contributed by atoms with Gasteiger partial charge in [0.25, 0.3) is 0 Å². The summed E-state index contributed by atoms with van der Waals surface area (Å²) in [6.45, 7) is 5.87. The molecule has 2 N–H and O–H groups in total. The maximum absolute atomic E-state index is 12.4. The topological polar surface area (TPSA) is 111 Å². The molecule has 3 rings (SSSR count).